The van der Waals surface area contributed by atoms with Crippen LogP contribution in [0.5, 0.6) is 0 Å². The number of nitro groups is 1. The lowest BCUT2D eigenvalue weighted by Gasteiger charge is -2.07. The van der Waals surface area contributed by atoms with Crippen LogP contribution in [0.4, 0.5) is 11.4 Å². The predicted octanol–water partition coefficient (Wildman–Crippen LogP) is 2.60. The molecular weight excluding hydrogens is 244 g/mol. The number of rotatable bonds is 6. The molecule has 100 valence electrons. The Morgan fingerprint density at radius 2 is 2.32 bits per heavy atom. The van der Waals surface area contributed by atoms with Gasteiger partial charge in [0.15, 0.2) is 0 Å². The first-order valence-corrected chi connectivity index (χ1v) is 6.11. The normalized spacial score (nSPS) is 10.4. The van der Waals surface area contributed by atoms with Crippen molar-refractivity contribution < 1.29 is 4.92 Å². The molecule has 0 atom stereocenters. The minimum Gasteiger partial charge on any atom is -0.385 e. The topological polar surface area (TPSA) is 73.0 Å². The van der Waals surface area contributed by atoms with Gasteiger partial charge < -0.3 is 9.88 Å². The summed E-state index contributed by atoms with van der Waals surface area (Å²) in [4.78, 5) is 14.4. The summed E-state index contributed by atoms with van der Waals surface area (Å²) in [6.45, 7) is 3.38. The van der Waals surface area contributed by atoms with Crippen molar-refractivity contribution in [2.45, 2.75) is 19.9 Å². The Kier molecular flexibility index (Phi) is 4.12. The molecule has 0 aliphatic carbocycles. The second kappa shape index (κ2) is 5.99. The highest BCUT2D eigenvalue weighted by Crippen LogP contribution is 2.22. The summed E-state index contributed by atoms with van der Waals surface area (Å²) in [5.41, 5.74) is 1.61. The number of benzene rings is 1. The quantitative estimate of drug-likeness (QED) is 0.492. The van der Waals surface area contributed by atoms with Crippen LogP contribution in [0.15, 0.2) is 36.9 Å². The first-order chi connectivity index (χ1) is 9.16. The van der Waals surface area contributed by atoms with Crippen LogP contribution in [0.1, 0.15) is 12.0 Å². The number of nitro benzene ring substituents is 1. The highest BCUT2D eigenvalue weighted by molar-refractivity contribution is 5.54. The van der Waals surface area contributed by atoms with E-state index in [0.717, 1.165) is 25.2 Å². The fraction of sp³-hybridized carbons (Fsp3) is 0.308. The van der Waals surface area contributed by atoms with Crippen LogP contribution in [-0.2, 0) is 6.54 Å². The maximum Gasteiger partial charge on any atom is 0.274 e. The van der Waals surface area contributed by atoms with Gasteiger partial charge >= 0.3 is 0 Å². The van der Waals surface area contributed by atoms with Crippen molar-refractivity contribution in [3.8, 4) is 0 Å². The largest absolute Gasteiger partial charge is 0.385 e. The van der Waals surface area contributed by atoms with Crippen molar-refractivity contribution in [2.24, 2.45) is 0 Å². The van der Waals surface area contributed by atoms with E-state index in [2.05, 4.69) is 10.3 Å². The standard InChI is InChI=1S/C13H16N4O2/c1-11-3-4-12(9-13(11)17(18)19)15-5-2-7-16-8-6-14-10-16/h3-4,6,8-10,15H,2,5,7H2,1H3. The highest BCUT2D eigenvalue weighted by Gasteiger charge is 2.10. The van der Waals surface area contributed by atoms with E-state index in [1.54, 1.807) is 31.6 Å². The molecule has 1 N–H and O–H groups in total. The third-order valence-electron chi connectivity index (χ3n) is 2.89. The van der Waals surface area contributed by atoms with Gasteiger partial charge in [0.05, 0.1) is 11.3 Å². The van der Waals surface area contributed by atoms with Crippen molar-refractivity contribution in [1.29, 1.82) is 0 Å². The summed E-state index contributed by atoms with van der Waals surface area (Å²) in [5, 5.41) is 14.0. The van der Waals surface area contributed by atoms with Gasteiger partial charge in [0.25, 0.3) is 5.69 Å². The maximum atomic E-state index is 10.8. The van der Waals surface area contributed by atoms with Gasteiger partial charge in [-0.05, 0) is 19.4 Å². The van der Waals surface area contributed by atoms with Crippen molar-refractivity contribution in [3.63, 3.8) is 0 Å². The van der Waals surface area contributed by atoms with E-state index < -0.39 is 0 Å². The number of hydrogen-bond acceptors (Lipinski definition) is 4. The van der Waals surface area contributed by atoms with E-state index in [1.807, 2.05) is 16.8 Å². The molecular formula is C13H16N4O2. The van der Waals surface area contributed by atoms with E-state index in [0.29, 0.717) is 5.56 Å². The van der Waals surface area contributed by atoms with Gasteiger partial charge in [0.2, 0.25) is 0 Å². The van der Waals surface area contributed by atoms with E-state index in [9.17, 15) is 10.1 Å². The summed E-state index contributed by atoms with van der Waals surface area (Å²) in [7, 11) is 0. The summed E-state index contributed by atoms with van der Waals surface area (Å²) in [5.74, 6) is 0. The van der Waals surface area contributed by atoms with Crippen LogP contribution in [0, 0.1) is 17.0 Å². The number of aromatic nitrogens is 2. The molecule has 0 aliphatic heterocycles. The summed E-state index contributed by atoms with van der Waals surface area (Å²) in [6.07, 6.45) is 6.36. The lowest BCUT2D eigenvalue weighted by Crippen LogP contribution is -2.06. The zero-order valence-corrected chi connectivity index (χ0v) is 10.7. The molecule has 0 fully saturated rings. The molecule has 0 saturated heterocycles. The molecule has 19 heavy (non-hydrogen) atoms. The third kappa shape index (κ3) is 3.54. The van der Waals surface area contributed by atoms with Gasteiger partial charge in [-0.1, -0.05) is 6.07 Å². The molecule has 1 heterocycles. The van der Waals surface area contributed by atoms with Crippen LogP contribution in [0.25, 0.3) is 0 Å². The Balaban J connectivity index is 1.86. The smallest absolute Gasteiger partial charge is 0.274 e. The Labute approximate surface area is 111 Å². The van der Waals surface area contributed by atoms with Crippen molar-refractivity contribution in [2.75, 3.05) is 11.9 Å². The maximum absolute atomic E-state index is 10.8. The second-order valence-corrected chi connectivity index (χ2v) is 4.34. The molecule has 2 aromatic rings. The van der Waals surface area contributed by atoms with E-state index in [-0.39, 0.29) is 10.6 Å². The summed E-state index contributed by atoms with van der Waals surface area (Å²) >= 11 is 0. The van der Waals surface area contributed by atoms with Crippen molar-refractivity contribution >= 4 is 11.4 Å². The molecule has 0 aliphatic rings. The van der Waals surface area contributed by atoms with Gasteiger partial charge in [-0.2, -0.15) is 0 Å². The number of hydrogen-bond donors (Lipinski definition) is 1. The number of anilines is 1. The van der Waals surface area contributed by atoms with Crippen molar-refractivity contribution in [3.05, 3.63) is 52.6 Å². The molecule has 0 amide bonds. The number of aryl methyl sites for hydroxylation is 2. The number of nitrogens with one attached hydrogen (secondary N) is 1. The Hall–Kier alpha value is -2.37. The first-order valence-electron chi connectivity index (χ1n) is 6.11. The number of nitrogens with zero attached hydrogens (tertiary/aromatic N) is 3. The molecule has 1 aromatic carbocycles. The SMILES string of the molecule is Cc1ccc(NCCCn2ccnc2)cc1[N+](=O)[O-]. The third-order valence-corrected chi connectivity index (χ3v) is 2.89. The van der Waals surface area contributed by atoms with Crippen LogP contribution in [0.3, 0.4) is 0 Å². The van der Waals surface area contributed by atoms with Crippen LogP contribution >= 0.6 is 0 Å². The predicted molar refractivity (Wildman–Crippen MR) is 73.2 cm³/mol. The van der Waals surface area contributed by atoms with Crippen LogP contribution < -0.4 is 5.32 Å². The molecule has 6 heteroatoms. The Bertz CT molecular complexity index is 552. The molecule has 0 spiro atoms. The molecule has 0 saturated carbocycles. The number of imidazole rings is 1. The summed E-state index contributed by atoms with van der Waals surface area (Å²) in [6, 6.07) is 5.20. The molecule has 6 nitrogen and oxygen atoms in total. The van der Waals surface area contributed by atoms with E-state index in [1.165, 1.54) is 0 Å². The lowest BCUT2D eigenvalue weighted by atomic mass is 10.2. The highest BCUT2D eigenvalue weighted by atomic mass is 16.6. The van der Waals surface area contributed by atoms with Gasteiger partial charge in [-0.15, -0.1) is 0 Å². The fourth-order valence-electron chi connectivity index (χ4n) is 1.83. The van der Waals surface area contributed by atoms with Gasteiger partial charge in [-0.3, -0.25) is 10.1 Å². The Morgan fingerprint density at radius 3 is 3.00 bits per heavy atom. The minimum absolute atomic E-state index is 0.152. The lowest BCUT2D eigenvalue weighted by molar-refractivity contribution is -0.385. The molecule has 0 radical (unpaired) electrons. The van der Waals surface area contributed by atoms with Crippen molar-refractivity contribution in [1.82, 2.24) is 9.55 Å². The molecule has 2 rings (SSSR count). The van der Waals surface area contributed by atoms with E-state index >= 15 is 0 Å². The Morgan fingerprint density at radius 1 is 1.47 bits per heavy atom. The van der Waals surface area contributed by atoms with Gasteiger partial charge in [0.1, 0.15) is 0 Å². The average Bonchev–Trinajstić information content (AvgIpc) is 2.89. The van der Waals surface area contributed by atoms with Gasteiger partial charge in [-0.25, -0.2) is 4.98 Å². The fourth-order valence-corrected chi connectivity index (χ4v) is 1.83. The monoisotopic (exact) mass is 260 g/mol. The molecule has 0 bridgehead atoms. The molecule has 0 unspecified atom stereocenters. The zero-order valence-electron chi connectivity index (χ0n) is 10.7. The van der Waals surface area contributed by atoms with Crippen LogP contribution in [-0.4, -0.2) is 21.0 Å². The van der Waals surface area contributed by atoms with Gasteiger partial charge in [0, 0.05) is 42.8 Å². The average molecular weight is 260 g/mol. The van der Waals surface area contributed by atoms with Crippen LogP contribution in [0.2, 0.25) is 0 Å². The summed E-state index contributed by atoms with van der Waals surface area (Å²) < 4.78 is 2.00. The first kappa shape index (κ1) is 13.1. The minimum atomic E-state index is -0.355. The second-order valence-electron chi connectivity index (χ2n) is 4.34. The molecule has 1 aromatic heterocycles. The zero-order chi connectivity index (χ0) is 13.7. The van der Waals surface area contributed by atoms with E-state index in [4.69, 9.17) is 0 Å².